The van der Waals surface area contributed by atoms with Gasteiger partial charge in [0.25, 0.3) is 0 Å². The summed E-state index contributed by atoms with van der Waals surface area (Å²) >= 11 is 0. The lowest BCUT2D eigenvalue weighted by molar-refractivity contribution is 0.292. The normalized spacial score (nSPS) is 17.3. The molecule has 3 heterocycles. The minimum atomic E-state index is 0.702. The van der Waals surface area contributed by atoms with Crippen molar-refractivity contribution in [1.82, 2.24) is 19.9 Å². The van der Waals surface area contributed by atoms with Gasteiger partial charge in [-0.05, 0) is 43.0 Å². The highest BCUT2D eigenvalue weighted by Gasteiger charge is 2.23. The summed E-state index contributed by atoms with van der Waals surface area (Å²) in [6.45, 7) is 4.52. The van der Waals surface area contributed by atoms with Gasteiger partial charge in [0, 0.05) is 38.1 Å². The van der Waals surface area contributed by atoms with Crippen molar-refractivity contribution in [2.24, 2.45) is 5.92 Å². The topological polar surface area (TPSA) is 67.3 Å². The number of aromatic nitrogens is 4. The van der Waals surface area contributed by atoms with Crippen molar-refractivity contribution >= 4 is 22.4 Å². The molecule has 0 atom stereocenters. The van der Waals surface area contributed by atoms with E-state index in [2.05, 4.69) is 47.9 Å². The van der Waals surface area contributed by atoms with Gasteiger partial charge in [-0.1, -0.05) is 0 Å². The van der Waals surface area contributed by atoms with E-state index >= 15 is 0 Å². The van der Waals surface area contributed by atoms with E-state index < -0.39 is 0 Å². The van der Waals surface area contributed by atoms with E-state index in [4.69, 9.17) is 4.74 Å². The molecule has 1 aliphatic carbocycles. The molecule has 5 rings (SSSR count). The van der Waals surface area contributed by atoms with E-state index in [9.17, 15) is 0 Å². The fraction of sp³-hybridized carbons (Fsp3) is 0.400. The number of fused-ring (bicyclic) bond motifs is 1. The standard InChI is InChI=1S/C20H22N6O/c1-2-15(1)12-27-20-17-11-16(3-4-18(17)22-14-24-20)25-7-9-26(10-8-25)19-5-6-21-13-23-19/h3-6,11,13-15H,1-2,7-10,12H2. The lowest BCUT2D eigenvalue weighted by Gasteiger charge is -2.36. The quantitative estimate of drug-likeness (QED) is 0.691. The molecular weight excluding hydrogens is 340 g/mol. The maximum Gasteiger partial charge on any atom is 0.224 e. The van der Waals surface area contributed by atoms with Crippen molar-refractivity contribution < 1.29 is 4.74 Å². The van der Waals surface area contributed by atoms with Crippen LogP contribution < -0.4 is 14.5 Å². The fourth-order valence-electron chi connectivity index (χ4n) is 3.48. The summed E-state index contributed by atoms with van der Waals surface area (Å²) in [5.74, 6) is 2.40. The lowest BCUT2D eigenvalue weighted by Crippen LogP contribution is -2.46. The number of anilines is 2. The van der Waals surface area contributed by atoms with E-state index in [0.717, 1.165) is 49.5 Å². The van der Waals surface area contributed by atoms with Crippen molar-refractivity contribution in [2.45, 2.75) is 12.8 Å². The molecule has 0 radical (unpaired) electrons. The molecule has 27 heavy (non-hydrogen) atoms. The van der Waals surface area contributed by atoms with Gasteiger partial charge in [-0.15, -0.1) is 0 Å². The first kappa shape index (κ1) is 16.2. The fourth-order valence-corrected chi connectivity index (χ4v) is 3.48. The molecule has 1 aromatic carbocycles. The minimum absolute atomic E-state index is 0.702. The molecule has 0 spiro atoms. The van der Waals surface area contributed by atoms with Crippen molar-refractivity contribution in [1.29, 1.82) is 0 Å². The lowest BCUT2D eigenvalue weighted by atomic mass is 10.2. The Morgan fingerprint density at radius 2 is 1.78 bits per heavy atom. The Morgan fingerprint density at radius 1 is 0.926 bits per heavy atom. The van der Waals surface area contributed by atoms with Crippen LogP contribution in [-0.4, -0.2) is 52.7 Å². The Morgan fingerprint density at radius 3 is 2.56 bits per heavy atom. The minimum Gasteiger partial charge on any atom is -0.477 e. The maximum absolute atomic E-state index is 5.97. The van der Waals surface area contributed by atoms with Crippen LogP contribution in [0, 0.1) is 5.92 Å². The van der Waals surface area contributed by atoms with Gasteiger partial charge in [0.15, 0.2) is 0 Å². The zero-order chi connectivity index (χ0) is 18.1. The Balaban J connectivity index is 1.33. The van der Waals surface area contributed by atoms with Crippen LogP contribution >= 0.6 is 0 Å². The SMILES string of the molecule is c1cc(N2CCN(c3ccc4ncnc(OCC5CC5)c4c3)CC2)ncn1. The van der Waals surface area contributed by atoms with Crippen molar-refractivity contribution in [3.63, 3.8) is 0 Å². The van der Waals surface area contributed by atoms with Crippen LogP contribution in [0.15, 0.2) is 43.1 Å². The van der Waals surface area contributed by atoms with Gasteiger partial charge >= 0.3 is 0 Å². The van der Waals surface area contributed by atoms with Gasteiger partial charge < -0.3 is 14.5 Å². The molecule has 0 bridgehead atoms. The Labute approximate surface area is 158 Å². The highest BCUT2D eigenvalue weighted by Crippen LogP contribution is 2.32. The third-order valence-electron chi connectivity index (χ3n) is 5.27. The van der Waals surface area contributed by atoms with Gasteiger partial charge in [0.2, 0.25) is 5.88 Å². The van der Waals surface area contributed by atoms with Crippen molar-refractivity contribution in [3.05, 3.63) is 43.1 Å². The van der Waals surface area contributed by atoms with E-state index in [1.807, 2.05) is 6.07 Å². The van der Waals surface area contributed by atoms with E-state index in [-0.39, 0.29) is 0 Å². The van der Waals surface area contributed by atoms with Gasteiger partial charge in [0.05, 0.1) is 17.5 Å². The summed E-state index contributed by atoms with van der Waals surface area (Å²) < 4.78 is 5.97. The van der Waals surface area contributed by atoms with Crippen LogP contribution in [0.2, 0.25) is 0 Å². The zero-order valence-corrected chi connectivity index (χ0v) is 15.2. The monoisotopic (exact) mass is 362 g/mol. The highest BCUT2D eigenvalue weighted by molar-refractivity contribution is 5.86. The molecule has 3 aromatic rings. The first-order valence-corrected chi connectivity index (χ1v) is 9.50. The Hall–Kier alpha value is -2.96. The van der Waals surface area contributed by atoms with E-state index in [1.165, 1.54) is 18.5 Å². The van der Waals surface area contributed by atoms with Gasteiger partial charge in [-0.25, -0.2) is 19.9 Å². The first-order chi connectivity index (χ1) is 13.4. The molecule has 2 fully saturated rings. The number of benzene rings is 1. The van der Waals surface area contributed by atoms with Crippen molar-refractivity contribution in [2.75, 3.05) is 42.6 Å². The van der Waals surface area contributed by atoms with Crippen LogP contribution in [0.1, 0.15) is 12.8 Å². The predicted octanol–water partition coefficient (Wildman–Crippen LogP) is 2.54. The number of hydrogen-bond donors (Lipinski definition) is 0. The molecule has 1 aliphatic heterocycles. The Kier molecular flexibility index (Phi) is 4.20. The predicted molar refractivity (Wildman–Crippen MR) is 104 cm³/mol. The molecule has 0 N–H and O–H groups in total. The third kappa shape index (κ3) is 3.49. The molecule has 7 nitrogen and oxygen atoms in total. The molecule has 2 aromatic heterocycles. The molecular formula is C20H22N6O. The number of hydrogen-bond acceptors (Lipinski definition) is 7. The van der Waals surface area contributed by atoms with Crippen molar-refractivity contribution in [3.8, 4) is 5.88 Å². The van der Waals surface area contributed by atoms with Gasteiger partial charge in [-0.2, -0.15) is 0 Å². The summed E-state index contributed by atoms with van der Waals surface area (Å²) in [6.07, 6.45) is 7.52. The van der Waals surface area contributed by atoms with Crippen LogP contribution in [0.4, 0.5) is 11.5 Å². The summed E-state index contributed by atoms with van der Waals surface area (Å²) in [6, 6.07) is 8.33. The van der Waals surface area contributed by atoms with Crippen LogP contribution in [0.25, 0.3) is 10.9 Å². The molecule has 0 amide bonds. The molecule has 0 unspecified atom stereocenters. The summed E-state index contributed by atoms with van der Waals surface area (Å²) in [5, 5.41) is 0.994. The number of rotatable bonds is 5. The molecule has 138 valence electrons. The smallest absolute Gasteiger partial charge is 0.224 e. The zero-order valence-electron chi connectivity index (χ0n) is 15.2. The summed E-state index contributed by atoms with van der Waals surface area (Å²) in [7, 11) is 0. The largest absolute Gasteiger partial charge is 0.477 e. The highest BCUT2D eigenvalue weighted by atomic mass is 16.5. The van der Waals surface area contributed by atoms with Crippen LogP contribution in [0.3, 0.4) is 0 Å². The third-order valence-corrected chi connectivity index (χ3v) is 5.27. The average molecular weight is 362 g/mol. The van der Waals surface area contributed by atoms with Gasteiger partial charge in [-0.3, -0.25) is 0 Å². The second-order valence-corrected chi connectivity index (χ2v) is 7.18. The summed E-state index contributed by atoms with van der Waals surface area (Å²) in [5.41, 5.74) is 2.12. The van der Waals surface area contributed by atoms with Gasteiger partial charge in [0.1, 0.15) is 18.5 Å². The molecule has 2 aliphatic rings. The summed E-state index contributed by atoms with van der Waals surface area (Å²) in [4.78, 5) is 21.8. The van der Waals surface area contributed by atoms with Crippen LogP contribution in [0.5, 0.6) is 5.88 Å². The molecule has 1 saturated heterocycles. The van der Waals surface area contributed by atoms with E-state index in [0.29, 0.717) is 11.8 Å². The number of piperazine rings is 1. The van der Waals surface area contributed by atoms with Crippen LogP contribution in [-0.2, 0) is 0 Å². The second-order valence-electron chi connectivity index (χ2n) is 7.18. The number of nitrogens with zero attached hydrogens (tertiary/aromatic N) is 6. The first-order valence-electron chi connectivity index (χ1n) is 9.50. The number of ether oxygens (including phenoxy) is 1. The maximum atomic E-state index is 5.97. The van der Waals surface area contributed by atoms with E-state index in [1.54, 1.807) is 18.9 Å². The Bertz CT molecular complexity index is 922. The molecule has 7 heteroatoms. The molecule has 1 saturated carbocycles. The average Bonchev–Trinajstić information content (AvgIpc) is 3.57. The second kappa shape index (κ2) is 6.98.